The van der Waals surface area contributed by atoms with Gasteiger partial charge in [0.1, 0.15) is 5.75 Å². The number of thioether (sulfide) groups is 1. The third-order valence-electron chi connectivity index (χ3n) is 3.50. The zero-order chi connectivity index (χ0) is 15.1. The van der Waals surface area contributed by atoms with Crippen LogP contribution < -0.4 is 10.1 Å². The highest BCUT2D eigenvalue weighted by Crippen LogP contribution is 2.15. The predicted molar refractivity (Wildman–Crippen MR) is 95.1 cm³/mol. The molecule has 1 atom stereocenters. The molecule has 1 aromatic rings. The second-order valence-electron chi connectivity index (χ2n) is 5.26. The minimum atomic E-state index is 0. The summed E-state index contributed by atoms with van der Waals surface area (Å²) < 4.78 is 5.42. The molecule has 1 amide bonds. The van der Waals surface area contributed by atoms with Gasteiger partial charge in [-0.05, 0) is 24.6 Å². The van der Waals surface area contributed by atoms with Crippen molar-refractivity contribution in [2.45, 2.75) is 25.9 Å². The van der Waals surface area contributed by atoms with Crippen molar-refractivity contribution in [3.63, 3.8) is 0 Å². The molecule has 1 aromatic carbocycles. The normalized spacial score (nSPS) is 17.5. The van der Waals surface area contributed by atoms with Crippen molar-refractivity contribution in [2.75, 3.05) is 31.7 Å². The van der Waals surface area contributed by atoms with Crippen LogP contribution in [0.15, 0.2) is 24.3 Å². The first-order valence-corrected chi connectivity index (χ1v) is 8.61. The summed E-state index contributed by atoms with van der Waals surface area (Å²) in [5.41, 5.74) is 1.13. The molecule has 6 heteroatoms. The van der Waals surface area contributed by atoms with Crippen LogP contribution in [0, 0.1) is 0 Å². The Morgan fingerprint density at radius 3 is 2.73 bits per heavy atom. The lowest BCUT2D eigenvalue weighted by Crippen LogP contribution is -2.41. The molecule has 1 fully saturated rings. The summed E-state index contributed by atoms with van der Waals surface area (Å²) in [6, 6.07) is 8.26. The van der Waals surface area contributed by atoms with Gasteiger partial charge in [-0.1, -0.05) is 12.1 Å². The lowest BCUT2D eigenvalue weighted by atomic mass is 10.1. The Labute approximate surface area is 143 Å². The molecule has 0 spiro atoms. The van der Waals surface area contributed by atoms with Gasteiger partial charge < -0.3 is 15.0 Å². The Morgan fingerprint density at radius 2 is 2.14 bits per heavy atom. The number of rotatable bonds is 6. The fourth-order valence-electron chi connectivity index (χ4n) is 2.34. The number of nitrogens with one attached hydrogen (secondary N) is 1. The average molecular weight is 345 g/mol. The van der Waals surface area contributed by atoms with Gasteiger partial charge in [0.15, 0.2) is 0 Å². The van der Waals surface area contributed by atoms with Crippen LogP contribution in [0.5, 0.6) is 5.75 Å². The monoisotopic (exact) mass is 344 g/mol. The summed E-state index contributed by atoms with van der Waals surface area (Å²) in [4.78, 5) is 14.0. The van der Waals surface area contributed by atoms with Gasteiger partial charge in [-0.25, -0.2) is 0 Å². The van der Waals surface area contributed by atoms with E-state index in [1.807, 2.05) is 50.0 Å². The maximum absolute atomic E-state index is 12.2. The summed E-state index contributed by atoms with van der Waals surface area (Å²) in [5, 5.41) is 3.41. The topological polar surface area (TPSA) is 41.6 Å². The average Bonchev–Trinajstić information content (AvgIpc) is 2.50. The fraction of sp³-hybridized carbons (Fsp3) is 0.562. The summed E-state index contributed by atoms with van der Waals surface area (Å²) in [7, 11) is 1.87. The quantitative estimate of drug-likeness (QED) is 0.861. The molecule has 0 bridgehead atoms. The van der Waals surface area contributed by atoms with Crippen LogP contribution in [0.1, 0.15) is 18.9 Å². The molecule has 22 heavy (non-hydrogen) atoms. The first kappa shape index (κ1) is 19.1. The number of nitrogens with zero attached hydrogens (tertiary/aromatic N) is 1. The summed E-state index contributed by atoms with van der Waals surface area (Å²) in [5.74, 6) is 3.25. The van der Waals surface area contributed by atoms with E-state index in [4.69, 9.17) is 4.74 Å². The van der Waals surface area contributed by atoms with Crippen molar-refractivity contribution in [3.8, 4) is 5.75 Å². The number of ether oxygens (including phenoxy) is 1. The van der Waals surface area contributed by atoms with Crippen molar-refractivity contribution < 1.29 is 9.53 Å². The van der Waals surface area contributed by atoms with Crippen molar-refractivity contribution in [1.29, 1.82) is 0 Å². The lowest BCUT2D eigenvalue weighted by molar-refractivity contribution is -0.130. The van der Waals surface area contributed by atoms with E-state index >= 15 is 0 Å². The number of benzene rings is 1. The van der Waals surface area contributed by atoms with Crippen LogP contribution in [-0.2, 0) is 11.3 Å². The van der Waals surface area contributed by atoms with Gasteiger partial charge in [0.25, 0.3) is 0 Å². The number of carbonyl (C=O) groups excluding carboxylic acids is 1. The second-order valence-corrected chi connectivity index (χ2v) is 6.41. The molecule has 1 aliphatic heterocycles. The first-order valence-electron chi connectivity index (χ1n) is 7.46. The largest absolute Gasteiger partial charge is 0.494 e. The highest BCUT2D eigenvalue weighted by molar-refractivity contribution is 7.99. The number of carbonyl (C=O) groups is 1. The number of hydrogen-bond donors (Lipinski definition) is 1. The van der Waals surface area contributed by atoms with Crippen molar-refractivity contribution in [2.24, 2.45) is 0 Å². The molecule has 0 saturated carbocycles. The maximum atomic E-state index is 12.2. The van der Waals surface area contributed by atoms with Crippen molar-refractivity contribution in [3.05, 3.63) is 29.8 Å². The molecule has 1 heterocycles. The van der Waals surface area contributed by atoms with Crippen molar-refractivity contribution in [1.82, 2.24) is 10.2 Å². The molecule has 0 radical (unpaired) electrons. The van der Waals surface area contributed by atoms with E-state index in [0.29, 0.717) is 25.6 Å². The minimum Gasteiger partial charge on any atom is -0.494 e. The van der Waals surface area contributed by atoms with E-state index in [1.54, 1.807) is 4.90 Å². The van der Waals surface area contributed by atoms with Crippen LogP contribution >= 0.6 is 24.2 Å². The van der Waals surface area contributed by atoms with E-state index in [-0.39, 0.29) is 18.3 Å². The summed E-state index contributed by atoms with van der Waals surface area (Å²) >= 11 is 1.92. The molecule has 1 unspecified atom stereocenters. The van der Waals surface area contributed by atoms with Crippen LogP contribution in [0.25, 0.3) is 0 Å². The van der Waals surface area contributed by atoms with Gasteiger partial charge in [0.2, 0.25) is 5.91 Å². The molecular weight excluding hydrogens is 320 g/mol. The number of hydrogen-bond acceptors (Lipinski definition) is 4. The van der Waals surface area contributed by atoms with Gasteiger partial charge in [-0.2, -0.15) is 11.8 Å². The maximum Gasteiger partial charge on any atom is 0.224 e. The van der Waals surface area contributed by atoms with Gasteiger partial charge in [-0.15, -0.1) is 12.4 Å². The smallest absolute Gasteiger partial charge is 0.224 e. The van der Waals surface area contributed by atoms with E-state index in [9.17, 15) is 4.79 Å². The zero-order valence-electron chi connectivity index (χ0n) is 13.2. The second kappa shape index (κ2) is 9.98. The van der Waals surface area contributed by atoms with Crippen LogP contribution in [0.3, 0.4) is 0 Å². The molecular formula is C16H25ClN2O2S. The molecule has 4 nitrogen and oxygen atoms in total. The lowest BCUT2D eigenvalue weighted by Gasteiger charge is -2.25. The van der Waals surface area contributed by atoms with Gasteiger partial charge in [-0.3, -0.25) is 4.79 Å². The fourth-order valence-corrected chi connectivity index (χ4v) is 3.29. The van der Waals surface area contributed by atoms with Crippen LogP contribution in [0.2, 0.25) is 0 Å². The van der Waals surface area contributed by atoms with E-state index in [1.165, 1.54) is 0 Å². The molecule has 1 saturated heterocycles. The Kier molecular flexibility index (Phi) is 8.68. The van der Waals surface area contributed by atoms with Gasteiger partial charge in [0.05, 0.1) is 6.61 Å². The Bertz CT molecular complexity index is 450. The third kappa shape index (κ3) is 6.07. The number of halogens is 1. The third-order valence-corrected chi connectivity index (χ3v) is 4.63. The van der Waals surface area contributed by atoms with Gasteiger partial charge >= 0.3 is 0 Å². The molecule has 1 aliphatic rings. The van der Waals surface area contributed by atoms with E-state index < -0.39 is 0 Å². The minimum absolute atomic E-state index is 0. The highest BCUT2D eigenvalue weighted by Gasteiger charge is 2.19. The van der Waals surface area contributed by atoms with Crippen LogP contribution in [0.4, 0.5) is 0 Å². The molecule has 2 rings (SSSR count). The highest BCUT2D eigenvalue weighted by atomic mass is 35.5. The first-order chi connectivity index (χ1) is 10.2. The summed E-state index contributed by atoms with van der Waals surface area (Å²) in [6.45, 7) is 4.29. The Balaban J connectivity index is 0.00000242. The Morgan fingerprint density at radius 1 is 1.41 bits per heavy atom. The molecule has 1 N–H and O–H groups in total. The molecule has 124 valence electrons. The van der Waals surface area contributed by atoms with Crippen molar-refractivity contribution >= 4 is 30.1 Å². The molecule has 0 aromatic heterocycles. The number of amides is 1. The standard InChI is InChI=1S/C16H24N2O2S.ClH/c1-3-20-15-6-4-13(5-7-15)11-18(2)16(19)10-14-12-21-9-8-17-14;/h4-7,14,17H,3,8-12H2,1-2H3;1H. The Hall–Kier alpha value is -0.910. The van der Waals surface area contributed by atoms with Crippen LogP contribution in [-0.4, -0.2) is 48.6 Å². The SMILES string of the molecule is CCOc1ccc(CN(C)C(=O)CC2CSCCN2)cc1.Cl. The summed E-state index contributed by atoms with van der Waals surface area (Å²) in [6.07, 6.45) is 0.584. The zero-order valence-corrected chi connectivity index (χ0v) is 14.8. The molecule has 0 aliphatic carbocycles. The van der Waals surface area contributed by atoms with E-state index in [0.717, 1.165) is 29.4 Å². The van der Waals surface area contributed by atoms with Gasteiger partial charge in [0, 0.05) is 44.1 Å². The predicted octanol–water partition coefficient (Wildman–Crippen LogP) is 2.56. The van der Waals surface area contributed by atoms with E-state index in [2.05, 4.69) is 5.32 Å².